The normalized spacial score (nSPS) is 14.4. The van der Waals surface area contributed by atoms with Crippen LogP contribution in [0.3, 0.4) is 0 Å². The summed E-state index contributed by atoms with van der Waals surface area (Å²) in [6, 6.07) is 12.3. The molecule has 220 valence electrons. The van der Waals surface area contributed by atoms with Gasteiger partial charge in [0.2, 0.25) is 0 Å². The number of nitrogens with one attached hydrogen (secondary N) is 1. The van der Waals surface area contributed by atoms with Crippen molar-refractivity contribution in [1.82, 2.24) is 5.32 Å². The van der Waals surface area contributed by atoms with Gasteiger partial charge in [-0.25, -0.2) is 8.42 Å². The molecule has 0 saturated heterocycles. The van der Waals surface area contributed by atoms with E-state index in [-0.39, 0.29) is 29.4 Å². The van der Waals surface area contributed by atoms with Crippen molar-refractivity contribution in [2.24, 2.45) is 0 Å². The maximum absolute atomic E-state index is 13.7. The fourth-order valence-corrected chi connectivity index (χ4v) is 6.12. The minimum atomic E-state index is -5.01. The molecule has 1 heterocycles. The number of halogens is 7. The maximum atomic E-state index is 13.7. The highest BCUT2D eigenvalue weighted by atomic mass is 35.5. The molecule has 0 aromatic heterocycles. The Bertz CT molecular complexity index is 1540. The van der Waals surface area contributed by atoms with Gasteiger partial charge in [0.05, 0.1) is 28.4 Å². The molecule has 0 unspecified atom stereocenters. The van der Waals surface area contributed by atoms with Gasteiger partial charge in [0.25, 0.3) is 10.0 Å². The van der Waals surface area contributed by atoms with Crippen LogP contribution in [-0.2, 0) is 16.2 Å². The van der Waals surface area contributed by atoms with Gasteiger partial charge >= 0.3 is 12.5 Å². The molecular formula is C27H24ClF6N3O3S. The molecule has 41 heavy (non-hydrogen) atoms. The lowest BCUT2D eigenvalue weighted by atomic mass is 10.0. The monoisotopic (exact) mass is 619 g/mol. The van der Waals surface area contributed by atoms with E-state index in [9.17, 15) is 34.8 Å². The number of rotatable bonds is 8. The van der Waals surface area contributed by atoms with Gasteiger partial charge in [0.15, 0.2) is 0 Å². The third kappa shape index (κ3) is 7.08. The van der Waals surface area contributed by atoms with Gasteiger partial charge in [-0.15, -0.1) is 13.2 Å². The number of fused-ring (bicyclic) bond motifs is 1. The van der Waals surface area contributed by atoms with Gasteiger partial charge in [0, 0.05) is 36.3 Å². The van der Waals surface area contributed by atoms with E-state index >= 15 is 0 Å². The van der Waals surface area contributed by atoms with Crippen molar-refractivity contribution in [3.8, 4) is 5.75 Å². The van der Waals surface area contributed by atoms with E-state index in [1.54, 1.807) is 19.2 Å². The summed E-state index contributed by atoms with van der Waals surface area (Å²) < 4.78 is 111. The lowest BCUT2D eigenvalue weighted by Crippen LogP contribution is -2.45. The van der Waals surface area contributed by atoms with Gasteiger partial charge in [-0.1, -0.05) is 42.0 Å². The first-order chi connectivity index (χ1) is 19.2. The number of sulfonamides is 1. The maximum Gasteiger partial charge on any atom is 0.573 e. The average molecular weight is 620 g/mol. The summed E-state index contributed by atoms with van der Waals surface area (Å²) in [4.78, 5) is 1.52. The Balaban J connectivity index is 1.77. The van der Waals surface area contributed by atoms with Crippen molar-refractivity contribution in [1.29, 1.82) is 0 Å². The van der Waals surface area contributed by atoms with Crippen molar-refractivity contribution in [3.63, 3.8) is 0 Å². The Labute approximate surface area is 237 Å². The third-order valence-corrected chi connectivity index (χ3v) is 8.38. The smallest absolute Gasteiger partial charge is 0.406 e. The molecule has 0 aliphatic carbocycles. The van der Waals surface area contributed by atoms with Crippen LogP contribution in [-0.4, -0.2) is 48.0 Å². The molecule has 0 amide bonds. The number of nitrogens with zero attached hydrogens (tertiary/aromatic N) is 2. The van der Waals surface area contributed by atoms with Crippen LogP contribution in [0.5, 0.6) is 5.75 Å². The summed E-state index contributed by atoms with van der Waals surface area (Å²) in [5.74, 6) is -0.691. The topological polar surface area (TPSA) is 61.9 Å². The number of benzene rings is 3. The second-order valence-electron chi connectivity index (χ2n) is 8.97. The fourth-order valence-electron chi connectivity index (χ4n) is 4.38. The Morgan fingerprint density at radius 2 is 1.68 bits per heavy atom. The molecule has 0 bridgehead atoms. The van der Waals surface area contributed by atoms with Gasteiger partial charge in [0.1, 0.15) is 5.75 Å². The van der Waals surface area contributed by atoms with Crippen LogP contribution >= 0.6 is 11.6 Å². The number of anilines is 2. The van der Waals surface area contributed by atoms with Crippen LogP contribution in [0.1, 0.15) is 16.7 Å². The number of hydrogen-bond acceptors (Lipinski definition) is 5. The van der Waals surface area contributed by atoms with E-state index in [2.05, 4.69) is 10.1 Å². The van der Waals surface area contributed by atoms with E-state index in [0.717, 1.165) is 34.6 Å². The number of likely N-dealkylation sites (N-methyl/N-ethyl adjacent to an activating group) is 1. The summed E-state index contributed by atoms with van der Waals surface area (Å²) >= 11 is 6.06. The third-order valence-electron chi connectivity index (χ3n) is 6.24. The number of alkyl halides is 6. The number of hydrogen-bond donors (Lipinski definition) is 1. The lowest BCUT2D eigenvalue weighted by Gasteiger charge is -2.38. The summed E-state index contributed by atoms with van der Waals surface area (Å²) in [7, 11) is -2.61. The van der Waals surface area contributed by atoms with Gasteiger partial charge in [-0.05, 0) is 49.0 Å². The largest absolute Gasteiger partial charge is 0.573 e. The van der Waals surface area contributed by atoms with Gasteiger partial charge < -0.3 is 15.0 Å². The van der Waals surface area contributed by atoms with Crippen molar-refractivity contribution in [2.75, 3.05) is 42.4 Å². The summed E-state index contributed by atoms with van der Waals surface area (Å²) in [6.45, 7) is 1.36. The molecule has 3 aromatic rings. The fraction of sp³-hybridized carbons (Fsp3) is 0.259. The second-order valence-corrected chi connectivity index (χ2v) is 11.2. The van der Waals surface area contributed by atoms with E-state index in [0.29, 0.717) is 24.3 Å². The molecule has 0 radical (unpaired) electrons. The van der Waals surface area contributed by atoms with E-state index in [4.69, 9.17) is 11.6 Å². The molecule has 1 aliphatic rings. The van der Waals surface area contributed by atoms with Crippen molar-refractivity contribution >= 4 is 45.2 Å². The van der Waals surface area contributed by atoms with Crippen molar-refractivity contribution < 1.29 is 39.5 Å². The summed E-state index contributed by atoms with van der Waals surface area (Å²) in [5.41, 5.74) is -0.0549. The Kier molecular flexibility index (Phi) is 8.81. The Morgan fingerprint density at radius 3 is 2.37 bits per heavy atom. The average Bonchev–Trinajstić information content (AvgIpc) is 2.89. The molecular weight excluding hydrogens is 596 g/mol. The van der Waals surface area contributed by atoms with Gasteiger partial charge in [-0.3, -0.25) is 4.31 Å². The predicted molar refractivity (Wildman–Crippen MR) is 146 cm³/mol. The molecule has 3 aromatic carbocycles. The molecule has 1 aliphatic heterocycles. The molecule has 6 nitrogen and oxygen atoms in total. The minimum absolute atomic E-state index is 0.0285. The number of ether oxygens (including phenoxy) is 1. The van der Waals surface area contributed by atoms with Crippen LogP contribution in [0.25, 0.3) is 12.2 Å². The standard InChI is InChI=1S/C27H24ClF6N3O3S/c1-35-12-13-36-14-15-37(41(38,39)20-5-2-4-19(17-20)40-27(32,33)34)25-16-18(9-11-24(25)36)8-10-21-22(26(29,30)31)6-3-7-23(21)28/h2-11,16-17,35H,12-15H2,1H3/b10-8+. The molecule has 14 heteroatoms. The summed E-state index contributed by atoms with van der Waals surface area (Å²) in [5, 5.41) is 2.90. The molecule has 0 fully saturated rings. The zero-order valence-electron chi connectivity index (χ0n) is 21.4. The Hall–Kier alpha value is -3.42. The first-order valence-electron chi connectivity index (χ1n) is 12.2. The van der Waals surface area contributed by atoms with Crippen LogP contribution in [0.15, 0.2) is 65.6 Å². The first kappa shape index (κ1) is 30.5. The quantitative estimate of drug-likeness (QED) is 0.226. The highest BCUT2D eigenvalue weighted by molar-refractivity contribution is 7.92. The lowest BCUT2D eigenvalue weighted by molar-refractivity contribution is -0.274. The SMILES string of the molecule is CNCCN1CCN(S(=O)(=O)c2cccc(OC(F)(F)F)c2)c2cc(/C=C/c3c(Cl)cccc3C(F)(F)F)ccc21. The van der Waals surface area contributed by atoms with Crippen molar-refractivity contribution in [2.45, 2.75) is 17.4 Å². The molecule has 0 atom stereocenters. The molecule has 4 rings (SSSR count). The Morgan fingerprint density at radius 1 is 0.951 bits per heavy atom. The molecule has 0 spiro atoms. The van der Waals surface area contributed by atoms with E-state index < -0.39 is 38.8 Å². The second kappa shape index (κ2) is 11.8. The highest BCUT2D eigenvalue weighted by Gasteiger charge is 2.35. The molecule has 1 N–H and O–H groups in total. The van der Waals surface area contributed by atoms with Crippen LogP contribution < -0.4 is 19.3 Å². The highest BCUT2D eigenvalue weighted by Crippen LogP contribution is 2.39. The van der Waals surface area contributed by atoms with Crippen LogP contribution in [0.2, 0.25) is 5.02 Å². The van der Waals surface area contributed by atoms with Gasteiger partial charge in [-0.2, -0.15) is 13.2 Å². The van der Waals surface area contributed by atoms with Crippen molar-refractivity contribution in [3.05, 3.63) is 82.4 Å². The van der Waals surface area contributed by atoms with E-state index in [1.165, 1.54) is 30.4 Å². The zero-order valence-corrected chi connectivity index (χ0v) is 23.0. The predicted octanol–water partition coefficient (Wildman–Crippen LogP) is 6.66. The van der Waals surface area contributed by atoms with Crippen LogP contribution in [0.4, 0.5) is 37.7 Å². The molecule has 0 saturated carbocycles. The zero-order chi connectivity index (χ0) is 30.0. The summed E-state index contributed by atoms with van der Waals surface area (Å²) in [6.07, 6.45) is -7.08. The van der Waals surface area contributed by atoms with Crippen LogP contribution in [0, 0.1) is 0 Å². The first-order valence-corrected chi connectivity index (χ1v) is 14.0. The minimum Gasteiger partial charge on any atom is -0.406 e. The van der Waals surface area contributed by atoms with E-state index in [1.807, 2.05) is 4.90 Å².